The number of thiophene rings is 1. The van der Waals surface area contributed by atoms with Crippen molar-refractivity contribution < 1.29 is 18.7 Å². The Bertz CT molecular complexity index is 1150. The first-order valence-electron chi connectivity index (χ1n) is 10.7. The van der Waals surface area contributed by atoms with Crippen molar-refractivity contribution in [1.29, 1.82) is 0 Å². The summed E-state index contributed by atoms with van der Waals surface area (Å²) in [5.41, 5.74) is 1.17. The van der Waals surface area contributed by atoms with Gasteiger partial charge in [0.1, 0.15) is 17.3 Å². The van der Waals surface area contributed by atoms with Crippen molar-refractivity contribution in [1.82, 2.24) is 20.2 Å². The van der Waals surface area contributed by atoms with E-state index < -0.39 is 0 Å². The fourth-order valence-corrected chi connectivity index (χ4v) is 5.66. The Morgan fingerprint density at radius 1 is 1.30 bits per heavy atom. The molecule has 2 aromatic heterocycles. The summed E-state index contributed by atoms with van der Waals surface area (Å²) in [5, 5.41) is 4.07. The van der Waals surface area contributed by atoms with Crippen LogP contribution in [0.4, 0.5) is 4.39 Å². The van der Waals surface area contributed by atoms with Crippen LogP contribution < -0.4 is 10.1 Å². The van der Waals surface area contributed by atoms with E-state index in [4.69, 9.17) is 21.1 Å². The highest BCUT2D eigenvalue weighted by atomic mass is 35.5. The Morgan fingerprint density at radius 3 is 2.73 bits per heavy atom. The van der Waals surface area contributed by atoms with Crippen molar-refractivity contribution in [2.75, 3.05) is 33.9 Å². The smallest absolute Gasteiger partial charge is 0.261 e. The van der Waals surface area contributed by atoms with Gasteiger partial charge in [0.05, 0.1) is 23.4 Å². The van der Waals surface area contributed by atoms with Crippen molar-refractivity contribution >= 4 is 39.1 Å². The zero-order valence-electron chi connectivity index (χ0n) is 18.8. The maximum atomic E-state index is 14.7. The van der Waals surface area contributed by atoms with Crippen molar-refractivity contribution in [2.45, 2.75) is 32.4 Å². The molecule has 4 rings (SSSR count). The van der Waals surface area contributed by atoms with Crippen LogP contribution >= 0.6 is 22.9 Å². The third-order valence-electron chi connectivity index (χ3n) is 5.85. The van der Waals surface area contributed by atoms with E-state index in [9.17, 15) is 9.18 Å². The fraction of sp³-hybridized carbons (Fsp3) is 0.435. The number of hydrogen-bond donors (Lipinski definition) is 1. The molecule has 0 spiro atoms. The molecule has 1 aliphatic rings. The second-order valence-corrected chi connectivity index (χ2v) is 9.33. The summed E-state index contributed by atoms with van der Waals surface area (Å²) < 4.78 is 25.3. The van der Waals surface area contributed by atoms with E-state index in [0.717, 1.165) is 31.5 Å². The molecule has 1 fully saturated rings. The van der Waals surface area contributed by atoms with Gasteiger partial charge in [0, 0.05) is 24.2 Å². The van der Waals surface area contributed by atoms with Gasteiger partial charge in [-0.25, -0.2) is 9.37 Å². The molecule has 10 heteroatoms. The molecular weight excluding hydrogens is 467 g/mol. The molecule has 1 N–H and O–H groups in total. The number of rotatable bonds is 8. The summed E-state index contributed by atoms with van der Waals surface area (Å²) in [6.45, 7) is 4.00. The predicted molar refractivity (Wildman–Crippen MR) is 127 cm³/mol. The molecule has 0 aliphatic carbocycles. The lowest BCUT2D eigenvalue weighted by Crippen LogP contribution is -2.37. The standard InChI is InChI=1S/C23H26ClFN4O3S/c1-13-18-22(32-3)27-17(12-31-2)28-23(18)33-20(13)21(30)26-11-16(29-9-4-5-10-29)19-14(24)7-6-8-15(19)25/h6-8,16H,4-5,9-12H2,1-3H3,(H,26,30). The topological polar surface area (TPSA) is 76.6 Å². The van der Waals surface area contributed by atoms with Gasteiger partial charge in [0.2, 0.25) is 5.88 Å². The zero-order chi connectivity index (χ0) is 23.5. The number of nitrogens with zero attached hydrogens (tertiary/aromatic N) is 3. The van der Waals surface area contributed by atoms with Crippen molar-refractivity contribution in [3.63, 3.8) is 0 Å². The number of nitrogens with one attached hydrogen (secondary N) is 1. The van der Waals surface area contributed by atoms with E-state index in [1.807, 2.05) is 6.92 Å². The summed E-state index contributed by atoms with van der Waals surface area (Å²) in [4.78, 5) is 25.5. The van der Waals surface area contributed by atoms with Crippen LogP contribution in [0.3, 0.4) is 0 Å². The summed E-state index contributed by atoms with van der Waals surface area (Å²) in [5.74, 6) is 0.283. The Kier molecular flexibility index (Phi) is 7.43. The molecule has 1 amide bonds. The number of hydrogen-bond acceptors (Lipinski definition) is 7. The highest BCUT2D eigenvalue weighted by Gasteiger charge is 2.29. The van der Waals surface area contributed by atoms with Crippen LogP contribution in [0, 0.1) is 12.7 Å². The van der Waals surface area contributed by atoms with Gasteiger partial charge in [0.15, 0.2) is 5.82 Å². The lowest BCUT2D eigenvalue weighted by molar-refractivity contribution is 0.0940. The number of aryl methyl sites for hydroxylation is 1. The van der Waals surface area contributed by atoms with Gasteiger partial charge in [0.25, 0.3) is 5.91 Å². The third-order valence-corrected chi connectivity index (χ3v) is 7.36. The number of ether oxygens (including phenoxy) is 2. The van der Waals surface area contributed by atoms with E-state index in [-0.39, 0.29) is 30.9 Å². The molecule has 3 heterocycles. The van der Waals surface area contributed by atoms with Crippen LogP contribution in [0.2, 0.25) is 5.02 Å². The zero-order valence-corrected chi connectivity index (χ0v) is 20.4. The molecule has 1 aromatic carbocycles. The van der Waals surface area contributed by atoms with Crippen LogP contribution in [0.1, 0.15) is 45.5 Å². The summed E-state index contributed by atoms with van der Waals surface area (Å²) >= 11 is 7.65. The van der Waals surface area contributed by atoms with E-state index >= 15 is 0 Å². The number of halogens is 2. The largest absolute Gasteiger partial charge is 0.480 e. The molecule has 1 unspecified atom stereocenters. The summed E-state index contributed by atoms with van der Waals surface area (Å²) in [6, 6.07) is 4.34. The Labute approximate surface area is 200 Å². The number of benzene rings is 1. The third kappa shape index (κ3) is 4.82. The maximum Gasteiger partial charge on any atom is 0.261 e. The molecule has 1 aliphatic heterocycles. The molecular formula is C23H26ClFN4O3S. The summed E-state index contributed by atoms with van der Waals surface area (Å²) in [6.07, 6.45) is 2.07. The second kappa shape index (κ2) is 10.3. The lowest BCUT2D eigenvalue weighted by atomic mass is 10.0. The van der Waals surface area contributed by atoms with Crippen LogP contribution in [0.25, 0.3) is 10.2 Å². The highest BCUT2D eigenvalue weighted by molar-refractivity contribution is 7.20. The van der Waals surface area contributed by atoms with Gasteiger partial charge >= 0.3 is 0 Å². The predicted octanol–water partition coefficient (Wildman–Crippen LogP) is 4.51. The van der Waals surface area contributed by atoms with Gasteiger partial charge in [-0.05, 0) is 50.6 Å². The number of carbonyl (C=O) groups excluding carboxylic acids is 1. The first-order valence-corrected chi connectivity index (χ1v) is 11.9. The van der Waals surface area contributed by atoms with E-state index in [0.29, 0.717) is 37.4 Å². The number of carbonyl (C=O) groups is 1. The van der Waals surface area contributed by atoms with Crippen LogP contribution in [-0.2, 0) is 11.3 Å². The van der Waals surface area contributed by atoms with Crippen LogP contribution in [0.5, 0.6) is 5.88 Å². The highest BCUT2D eigenvalue weighted by Crippen LogP contribution is 2.36. The van der Waals surface area contributed by atoms with Crippen molar-refractivity contribution in [3.8, 4) is 5.88 Å². The van der Waals surface area contributed by atoms with E-state index in [2.05, 4.69) is 20.2 Å². The van der Waals surface area contributed by atoms with Gasteiger partial charge in [-0.2, -0.15) is 4.98 Å². The SMILES string of the molecule is COCc1nc(OC)c2c(C)c(C(=O)NCC(c3c(F)cccc3Cl)N3CCCC3)sc2n1. The van der Waals surface area contributed by atoms with E-state index in [1.54, 1.807) is 19.2 Å². The van der Waals surface area contributed by atoms with Crippen LogP contribution in [0.15, 0.2) is 18.2 Å². The minimum atomic E-state index is -0.364. The number of aromatic nitrogens is 2. The average Bonchev–Trinajstić information content (AvgIpc) is 3.44. The van der Waals surface area contributed by atoms with Gasteiger partial charge in [-0.1, -0.05) is 17.7 Å². The number of likely N-dealkylation sites (tertiary alicyclic amines) is 1. The second-order valence-electron chi connectivity index (χ2n) is 7.92. The Balaban J connectivity index is 1.62. The molecule has 1 atom stereocenters. The molecule has 33 heavy (non-hydrogen) atoms. The summed E-state index contributed by atoms with van der Waals surface area (Å²) in [7, 11) is 3.10. The quantitative estimate of drug-likeness (QED) is 0.498. The first kappa shape index (κ1) is 23.8. The minimum absolute atomic E-state index is 0.241. The number of fused-ring (bicyclic) bond motifs is 1. The monoisotopic (exact) mass is 492 g/mol. The average molecular weight is 493 g/mol. The van der Waals surface area contributed by atoms with Crippen molar-refractivity contribution in [2.24, 2.45) is 0 Å². The Hall–Kier alpha value is -2.33. The lowest BCUT2D eigenvalue weighted by Gasteiger charge is -2.29. The molecule has 1 saturated heterocycles. The normalized spacial score (nSPS) is 15.2. The number of amides is 1. The first-order chi connectivity index (χ1) is 15.9. The van der Waals surface area contributed by atoms with Gasteiger partial charge in [-0.15, -0.1) is 11.3 Å². The minimum Gasteiger partial charge on any atom is -0.480 e. The van der Waals surface area contributed by atoms with E-state index in [1.165, 1.54) is 24.5 Å². The van der Waals surface area contributed by atoms with Crippen molar-refractivity contribution in [3.05, 3.63) is 50.9 Å². The Morgan fingerprint density at radius 2 is 2.06 bits per heavy atom. The number of methoxy groups -OCH3 is 2. The molecule has 7 nitrogen and oxygen atoms in total. The molecule has 176 valence electrons. The van der Waals surface area contributed by atoms with Crippen LogP contribution in [-0.4, -0.2) is 54.6 Å². The molecule has 0 radical (unpaired) electrons. The molecule has 0 saturated carbocycles. The maximum absolute atomic E-state index is 14.7. The molecule has 3 aromatic rings. The fourth-order valence-electron chi connectivity index (χ4n) is 4.27. The van der Waals surface area contributed by atoms with Gasteiger partial charge < -0.3 is 14.8 Å². The van der Waals surface area contributed by atoms with Gasteiger partial charge in [-0.3, -0.25) is 9.69 Å². The molecule has 0 bridgehead atoms.